The van der Waals surface area contributed by atoms with Crippen LogP contribution in [-0.2, 0) is 6.42 Å². The number of aromatic nitrogens is 1. The lowest BCUT2D eigenvalue weighted by molar-refractivity contribution is 0.481. The molecule has 2 heterocycles. The van der Waals surface area contributed by atoms with Crippen molar-refractivity contribution in [2.75, 3.05) is 6.54 Å². The first-order valence-corrected chi connectivity index (χ1v) is 5.86. The van der Waals surface area contributed by atoms with Gasteiger partial charge < -0.3 is 15.4 Å². The Bertz CT molecular complexity index is 498. The molecule has 84 valence electrons. The number of fused-ring (bicyclic) bond motifs is 1. The van der Waals surface area contributed by atoms with E-state index in [4.69, 9.17) is 0 Å². The van der Waals surface area contributed by atoms with Gasteiger partial charge in [-0.25, -0.2) is 0 Å². The summed E-state index contributed by atoms with van der Waals surface area (Å²) in [6.45, 7) is 1.12. The normalized spacial score (nSPS) is 20.6. The van der Waals surface area contributed by atoms with Crippen LogP contribution in [0.3, 0.4) is 0 Å². The van der Waals surface area contributed by atoms with Gasteiger partial charge in [0.25, 0.3) is 0 Å². The third-order valence-corrected chi connectivity index (χ3v) is 3.39. The Kier molecular flexibility index (Phi) is 2.33. The smallest absolute Gasteiger partial charge is 0.125 e. The summed E-state index contributed by atoms with van der Waals surface area (Å²) < 4.78 is 0. The van der Waals surface area contributed by atoms with Crippen molar-refractivity contribution in [1.29, 1.82) is 0 Å². The van der Waals surface area contributed by atoms with Crippen LogP contribution in [0.4, 0.5) is 0 Å². The van der Waals surface area contributed by atoms with Crippen LogP contribution in [0.25, 0.3) is 10.9 Å². The van der Waals surface area contributed by atoms with Crippen LogP contribution in [0.2, 0.25) is 0 Å². The fourth-order valence-electron chi connectivity index (χ4n) is 2.59. The second-order valence-electron chi connectivity index (χ2n) is 4.51. The number of aromatic hydroxyl groups is 1. The van der Waals surface area contributed by atoms with E-state index in [-0.39, 0.29) is 0 Å². The van der Waals surface area contributed by atoms with E-state index in [1.54, 1.807) is 6.07 Å². The number of hydrogen-bond acceptors (Lipinski definition) is 2. The summed E-state index contributed by atoms with van der Waals surface area (Å²) in [5.74, 6) is 0.381. The first-order valence-electron chi connectivity index (χ1n) is 5.86. The summed E-state index contributed by atoms with van der Waals surface area (Å²) in [5, 5.41) is 14.3. The minimum Gasteiger partial charge on any atom is -0.507 e. The van der Waals surface area contributed by atoms with Gasteiger partial charge in [-0.05, 0) is 43.5 Å². The molecular weight excluding hydrogens is 200 g/mol. The number of hydrogen-bond donors (Lipinski definition) is 3. The van der Waals surface area contributed by atoms with E-state index >= 15 is 0 Å². The first-order chi connectivity index (χ1) is 7.84. The van der Waals surface area contributed by atoms with Crippen LogP contribution in [0.1, 0.15) is 18.4 Å². The van der Waals surface area contributed by atoms with Crippen molar-refractivity contribution in [3.63, 3.8) is 0 Å². The predicted molar refractivity (Wildman–Crippen MR) is 64.7 cm³/mol. The van der Waals surface area contributed by atoms with Crippen LogP contribution >= 0.6 is 0 Å². The van der Waals surface area contributed by atoms with Crippen molar-refractivity contribution in [3.8, 4) is 5.75 Å². The van der Waals surface area contributed by atoms with Crippen LogP contribution in [-0.4, -0.2) is 22.7 Å². The molecule has 1 aromatic heterocycles. The zero-order valence-corrected chi connectivity index (χ0v) is 9.16. The molecule has 3 rings (SSSR count). The van der Waals surface area contributed by atoms with E-state index in [0.717, 1.165) is 23.9 Å². The zero-order valence-electron chi connectivity index (χ0n) is 9.16. The highest BCUT2D eigenvalue weighted by Gasteiger charge is 2.17. The largest absolute Gasteiger partial charge is 0.507 e. The lowest BCUT2D eigenvalue weighted by Gasteiger charge is -2.09. The van der Waals surface area contributed by atoms with E-state index in [9.17, 15) is 5.11 Å². The number of nitrogens with one attached hydrogen (secondary N) is 2. The molecule has 0 bridgehead atoms. The monoisotopic (exact) mass is 216 g/mol. The predicted octanol–water partition coefficient (Wildman–Crippen LogP) is 2.17. The van der Waals surface area contributed by atoms with E-state index in [1.807, 2.05) is 18.3 Å². The number of phenolic OH excluding ortho intramolecular Hbond substituents is 1. The fraction of sp³-hybridized carbons (Fsp3) is 0.385. The Morgan fingerprint density at radius 3 is 3.12 bits per heavy atom. The van der Waals surface area contributed by atoms with Crippen molar-refractivity contribution in [2.45, 2.75) is 25.3 Å². The number of rotatable bonds is 2. The molecule has 0 unspecified atom stereocenters. The Morgan fingerprint density at radius 1 is 1.38 bits per heavy atom. The molecule has 0 spiro atoms. The minimum absolute atomic E-state index is 0.381. The van der Waals surface area contributed by atoms with Crippen LogP contribution in [0.5, 0.6) is 5.75 Å². The summed E-state index contributed by atoms with van der Waals surface area (Å²) in [6, 6.07) is 6.19. The summed E-state index contributed by atoms with van der Waals surface area (Å²) in [6.07, 6.45) is 5.52. The molecule has 0 amide bonds. The Balaban J connectivity index is 1.97. The minimum atomic E-state index is 0.381. The SMILES string of the molecule is Oc1cccc2[nH]cc(C[C@H]3CCCN3)c12. The van der Waals surface area contributed by atoms with Crippen LogP contribution in [0, 0.1) is 0 Å². The molecule has 0 saturated carbocycles. The third kappa shape index (κ3) is 1.57. The topological polar surface area (TPSA) is 48.0 Å². The second kappa shape index (κ2) is 3.83. The molecule has 1 fully saturated rings. The van der Waals surface area contributed by atoms with Gasteiger partial charge in [0.1, 0.15) is 5.75 Å². The number of H-pyrrole nitrogens is 1. The van der Waals surface area contributed by atoms with Gasteiger partial charge in [-0.3, -0.25) is 0 Å². The highest BCUT2D eigenvalue weighted by molar-refractivity contribution is 5.89. The maximum Gasteiger partial charge on any atom is 0.125 e. The summed E-state index contributed by atoms with van der Waals surface area (Å²) in [4.78, 5) is 3.22. The maximum absolute atomic E-state index is 9.87. The van der Waals surface area contributed by atoms with Gasteiger partial charge in [-0.1, -0.05) is 6.07 Å². The van der Waals surface area contributed by atoms with E-state index in [2.05, 4.69) is 10.3 Å². The molecule has 1 aromatic carbocycles. The van der Waals surface area contributed by atoms with Crippen molar-refractivity contribution < 1.29 is 5.11 Å². The molecule has 1 aliphatic heterocycles. The molecule has 3 nitrogen and oxygen atoms in total. The molecule has 1 aliphatic rings. The molecule has 3 N–H and O–H groups in total. The van der Waals surface area contributed by atoms with Gasteiger partial charge in [-0.2, -0.15) is 0 Å². The van der Waals surface area contributed by atoms with Gasteiger partial charge in [0.15, 0.2) is 0 Å². The first kappa shape index (κ1) is 9.73. The molecule has 1 atom stereocenters. The Hall–Kier alpha value is -1.48. The lowest BCUT2D eigenvalue weighted by Crippen LogP contribution is -2.23. The highest BCUT2D eigenvalue weighted by atomic mass is 16.3. The van der Waals surface area contributed by atoms with Gasteiger partial charge in [0, 0.05) is 23.1 Å². The van der Waals surface area contributed by atoms with E-state index in [0.29, 0.717) is 11.8 Å². The van der Waals surface area contributed by atoms with Gasteiger partial charge in [0.2, 0.25) is 0 Å². The number of benzene rings is 1. The molecule has 0 aliphatic carbocycles. The fourth-order valence-corrected chi connectivity index (χ4v) is 2.59. The summed E-state index contributed by atoms with van der Waals surface area (Å²) in [5.41, 5.74) is 2.24. The molecular formula is C13H16N2O. The third-order valence-electron chi connectivity index (χ3n) is 3.39. The molecule has 16 heavy (non-hydrogen) atoms. The van der Waals surface area contributed by atoms with Crippen LogP contribution in [0.15, 0.2) is 24.4 Å². The van der Waals surface area contributed by atoms with E-state index in [1.165, 1.54) is 18.4 Å². The lowest BCUT2D eigenvalue weighted by atomic mass is 10.0. The Morgan fingerprint density at radius 2 is 2.31 bits per heavy atom. The van der Waals surface area contributed by atoms with Crippen molar-refractivity contribution in [2.24, 2.45) is 0 Å². The van der Waals surface area contributed by atoms with Crippen molar-refractivity contribution in [1.82, 2.24) is 10.3 Å². The van der Waals surface area contributed by atoms with Crippen molar-refractivity contribution >= 4 is 10.9 Å². The quantitative estimate of drug-likeness (QED) is 0.720. The Labute approximate surface area is 94.5 Å². The number of aromatic amines is 1. The van der Waals surface area contributed by atoms with Gasteiger partial charge in [0.05, 0.1) is 0 Å². The van der Waals surface area contributed by atoms with Crippen LogP contribution < -0.4 is 5.32 Å². The molecule has 2 aromatic rings. The standard InChI is InChI=1S/C13H16N2O/c16-12-5-1-4-11-13(12)9(8-15-11)7-10-3-2-6-14-10/h1,4-5,8,10,14-16H,2-3,6-7H2/t10-/m1/s1. The maximum atomic E-state index is 9.87. The summed E-state index contributed by atoms with van der Waals surface area (Å²) in [7, 11) is 0. The van der Waals surface area contributed by atoms with E-state index < -0.39 is 0 Å². The molecule has 0 radical (unpaired) electrons. The number of phenols is 1. The van der Waals surface area contributed by atoms with Crippen molar-refractivity contribution in [3.05, 3.63) is 30.0 Å². The average molecular weight is 216 g/mol. The average Bonchev–Trinajstić information content (AvgIpc) is 2.90. The molecule has 1 saturated heterocycles. The molecule has 3 heteroatoms. The highest BCUT2D eigenvalue weighted by Crippen LogP contribution is 2.29. The van der Waals surface area contributed by atoms with Gasteiger partial charge in [-0.15, -0.1) is 0 Å². The zero-order chi connectivity index (χ0) is 11.0. The summed E-state index contributed by atoms with van der Waals surface area (Å²) >= 11 is 0. The van der Waals surface area contributed by atoms with Gasteiger partial charge >= 0.3 is 0 Å². The second-order valence-corrected chi connectivity index (χ2v) is 4.51.